The lowest BCUT2D eigenvalue weighted by molar-refractivity contribution is 0.101. The monoisotopic (exact) mass is 378 g/mol. The first kappa shape index (κ1) is 17.9. The molecule has 0 aliphatic carbocycles. The van der Waals surface area contributed by atoms with Gasteiger partial charge in [-0.1, -0.05) is 24.3 Å². The van der Waals surface area contributed by atoms with Crippen LogP contribution in [0.4, 0.5) is 8.78 Å². The largest absolute Gasteiger partial charge is 0.488 e. The molecule has 0 saturated carbocycles. The highest BCUT2D eigenvalue weighted by Gasteiger charge is 2.30. The molecular weight excluding hydrogens is 362 g/mol. The molecule has 0 radical (unpaired) electrons. The molecule has 1 aliphatic rings. The number of hydrogen-bond acceptors (Lipinski definition) is 3. The highest BCUT2D eigenvalue weighted by Crippen LogP contribution is 2.39. The predicted octanol–water partition coefficient (Wildman–Crippen LogP) is 5.47. The van der Waals surface area contributed by atoms with Gasteiger partial charge >= 0.3 is 0 Å². The topological polar surface area (TPSA) is 35.5 Å². The Labute approximate surface area is 160 Å². The summed E-state index contributed by atoms with van der Waals surface area (Å²) in [6, 6.07) is 15.4. The zero-order valence-corrected chi connectivity index (χ0v) is 15.0. The molecule has 1 heterocycles. The number of carbonyl (C=O) groups excluding carboxylic acids is 1. The molecule has 0 fully saturated rings. The maximum Gasteiger partial charge on any atom is 0.231 e. The van der Waals surface area contributed by atoms with Crippen LogP contribution < -0.4 is 9.47 Å². The molecular formula is C23H16F2O3. The van der Waals surface area contributed by atoms with Crippen molar-refractivity contribution in [1.82, 2.24) is 0 Å². The van der Waals surface area contributed by atoms with Gasteiger partial charge in [0.1, 0.15) is 29.7 Å². The van der Waals surface area contributed by atoms with Gasteiger partial charge in [-0.2, -0.15) is 0 Å². The third kappa shape index (κ3) is 3.51. The van der Waals surface area contributed by atoms with E-state index < -0.39 is 0 Å². The number of allylic oxidation sites excluding steroid dienone is 1. The molecule has 28 heavy (non-hydrogen) atoms. The fraction of sp³-hybridized carbons (Fsp3) is 0.0870. The molecule has 1 aliphatic heterocycles. The number of fused-ring (bicyclic) bond motifs is 1. The van der Waals surface area contributed by atoms with Crippen LogP contribution in [-0.4, -0.2) is 5.78 Å². The number of ether oxygens (including phenoxy) is 2. The quantitative estimate of drug-likeness (QED) is 0.565. The van der Waals surface area contributed by atoms with Crippen molar-refractivity contribution in [2.45, 2.75) is 13.5 Å². The van der Waals surface area contributed by atoms with E-state index in [9.17, 15) is 13.6 Å². The van der Waals surface area contributed by atoms with Crippen LogP contribution in [0.25, 0.3) is 6.08 Å². The highest BCUT2D eigenvalue weighted by atomic mass is 19.1. The van der Waals surface area contributed by atoms with Gasteiger partial charge < -0.3 is 9.47 Å². The molecule has 4 rings (SSSR count). The normalized spacial score (nSPS) is 14.1. The molecule has 5 heteroatoms. The summed E-state index contributed by atoms with van der Waals surface area (Å²) in [5, 5.41) is 0. The van der Waals surface area contributed by atoms with Gasteiger partial charge in [0.15, 0.2) is 5.76 Å². The Kier molecular flexibility index (Phi) is 4.65. The first-order chi connectivity index (χ1) is 13.5. The Morgan fingerprint density at radius 3 is 2.50 bits per heavy atom. The van der Waals surface area contributed by atoms with Crippen LogP contribution in [0, 0.1) is 18.6 Å². The van der Waals surface area contributed by atoms with Crippen LogP contribution >= 0.6 is 0 Å². The van der Waals surface area contributed by atoms with E-state index in [0.29, 0.717) is 33.8 Å². The highest BCUT2D eigenvalue weighted by molar-refractivity contribution is 6.14. The third-order valence-corrected chi connectivity index (χ3v) is 4.47. The van der Waals surface area contributed by atoms with E-state index in [1.807, 2.05) is 0 Å². The summed E-state index contributed by atoms with van der Waals surface area (Å²) in [6.45, 7) is 1.98. The smallest absolute Gasteiger partial charge is 0.231 e. The van der Waals surface area contributed by atoms with Crippen LogP contribution in [-0.2, 0) is 6.61 Å². The first-order valence-electron chi connectivity index (χ1n) is 8.72. The lowest BCUT2D eigenvalue weighted by Crippen LogP contribution is -1.98. The Bertz CT molecular complexity index is 1100. The summed E-state index contributed by atoms with van der Waals surface area (Å²) in [7, 11) is 0. The summed E-state index contributed by atoms with van der Waals surface area (Å²) in [5.74, 6) is 0.117. The van der Waals surface area contributed by atoms with E-state index in [2.05, 4.69) is 0 Å². The van der Waals surface area contributed by atoms with Crippen LogP contribution in [0.15, 0.2) is 66.4 Å². The number of benzene rings is 3. The van der Waals surface area contributed by atoms with Crippen molar-refractivity contribution in [3.05, 3.63) is 100 Å². The second-order valence-electron chi connectivity index (χ2n) is 6.48. The summed E-state index contributed by atoms with van der Waals surface area (Å²) in [5.41, 5.74) is 2.34. The second kappa shape index (κ2) is 7.27. The Balaban J connectivity index is 1.58. The zero-order valence-electron chi connectivity index (χ0n) is 15.0. The maximum atomic E-state index is 13.4. The summed E-state index contributed by atoms with van der Waals surface area (Å²) in [6.07, 6.45) is 1.51. The van der Waals surface area contributed by atoms with E-state index in [-0.39, 0.29) is 29.8 Å². The van der Waals surface area contributed by atoms with Gasteiger partial charge in [-0.05, 0) is 60.5 Å². The lowest BCUT2D eigenvalue weighted by atomic mass is 10.1. The minimum atomic E-state index is -0.387. The molecule has 0 amide bonds. The molecule has 0 unspecified atom stereocenters. The molecule has 0 spiro atoms. The lowest BCUT2D eigenvalue weighted by Gasteiger charge is -2.11. The van der Waals surface area contributed by atoms with E-state index in [4.69, 9.17) is 9.47 Å². The minimum absolute atomic E-state index is 0.131. The standard InChI is InChI=1S/C23H16F2O3/c1-14-20(27-13-16-5-3-7-18(25)11-16)9-8-19-22(26)21(28-23(14)19)12-15-4-2-6-17(24)10-15/h2-12H,13H2,1H3/b21-12-. The minimum Gasteiger partial charge on any atom is -0.488 e. The number of rotatable bonds is 4. The van der Waals surface area contributed by atoms with E-state index in [0.717, 1.165) is 0 Å². The summed E-state index contributed by atoms with van der Waals surface area (Å²) in [4.78, 5) is 12.6. The SMILES string of the molecule is Cc1c(OCc2cccc(F)c2)ccc2c1O/C(=C\c1cccc(F)c1)C2=O. The number of Topliss-reactive ketones (excluding diaryl/α,β-unsaturated/α-hetero) is 1. The van der Waals surface area contributed by atoms with Crippen molar-refractivity contribution < 1.29 is 23.0 Å². The fourth-order valence-corrected chi connectivity index (χ4v) is 3.06. The zero-order chi connectivity index (χ0) is 19.7. The Hall–Kier alpha value is -3.47. The summed E-state index contributed by atoms with van der Waals surface area (Å²) < 4.78 is 38.2. The average Bonchev–Trinajstić information content (AvgIpc) is 2.98. The predicted molar refractivity (Wildman–Crippen MR) is 101 cm³/mol. The maximum absolute atomic E-state index is 13.4. The molecule has 3 aromatic rings. The van der Waals surface area contributed by atoms with Gasteiger partial charge in [0, 0.05) is 5.56 Å². The average molecular weight is 378 g/mol. The molecule has 0 atom stereocenters. The molecule has 0 saturated heterocycles. The van der Waals surface area contributed by atoms with Gasteiger partial charge in [-0.3, -0.25) is 4.79 Å². The van der Waals surface area contributed by atoms with Crippen LogP contribution in [0.2, 0.25) is 0 Å². The van der Waals surface area contributed by atoms with Crippen LogP contribution in [0.3, 0.4) is 0 Å². The van der Waals surface area contributed by atoms with Crippen molar-refractivity contribution in [3.63, 3.8) is 0 Å². The second-order valence-corrected chi connectivity index (χ2v) is 6.48. The molecule has 0 N–H and O–H groups in total. The molecule has 0 bridgehead atoms. The van der Waals surface area contributed by atoms with E-state index in [1.165, 1.54) is 30.3 Å². The number of ketones is 1. The Morgan fingerprint density at radius 1 is 1.00 bits per heavy atom. The fourth-order valence-electron chi connectivity index (χ4n) is 3.06. The van der Waals surface area contributed by atoms with Gasteiger partial charge in [0.2, 0.25) is 5.78 Å². The van der Waals surface area contributed by atoms with Crippen molar-refractivity contribution in [3.8, 4) is 11.5 Å². The van der Waals surface area contributed by atoms with Gasteiger partial charge in [-0.15, -0.1) is 0 Å². The van der Waals surface area contributed by atoms with E-state index in [1.54, 1.807) is 43.3 Å². The van der Waals surface area contributed by atoms with Crippen LogP contribution in [0.5, 0.6) is 11.5 Å². The van der Waals surface area contributed by atoms with Crippen molar-refractivity contribution in [2.75, 3.05) is 0 Å². The molecule has 0 aromatic heterocycles. The van der Waals surface area contributed by atoms with Crippen LogP contribution in [0.1, 0.15) is 27.0 Å². The molecule has 3 aromatic carbocycles. The van der Waals surface area contributed by atoms with Crippen molar-refractivity contribution in [2.24, 2.45) is 0 Å². The third-order valence-electron chi connectivity index (χ3n) is 4.47. The Morgan fingerprint density at radius 2 is 1.75 bits per heavy atom. The number of halogens is 2. The summed E-state index contributed by atoms with van der Waals surface area (Å²) >= 11 is 0. The van der Waals surface area contributed by atoms with Gasteiger partial charge in [-0.25, -0.2) is 8.78 Å². The van der Waals surface area contributed by atoms with Crippen molar-refractivity contribution in [1.29, 1.82) is 0 Å². The van der Waals surface area contributed by atoms with Gasteiger partial charge in [0.05, 0.1) is 5.56 Å². The van der Waals surface area contributed by atoms with Crippen molar-refractivity contribution >= 4 is 11.9 Å². The molecule has 140 valence electrons. The first-order valence-corrected chi connectivity index (χ1v) is 8.72. The van der Waals surface area contributed by atoms with E-state index >= 15 is 0 Å². The number of hydrogen-bond donors (Lipinski definition) is 0. The molecule has 3 nitrogen and oxygen atoms in total. The number of carbonyl (C=O) groups is 1. The van der Waals surface area contributed by atoms with Gasteiger partial charge in [0.25, 0.3) is 0 Å².